The van der Waals surface area contributed by atoms with E-state index in [0.29, 0.717) is 87.6 Å². The van der Waals surface area contributed by atoms with Crippen molar-refractivity contribution in [3.05, 3.63) is 132 Å². The van der Waals surface area contributed by atoms with Crippen molar-refractivity contribution in [1.82, 2.24) is 31.4 Å². The summed E-state index contributed by atoms with van der Waals surface area (Å²) in [6, 6.07) is 27.4. The third-order valence-corrected chi connectivity index (χ3v) is 17.7. The van der Waals surface area contributed by atoms with Gasteiger partial charge < -0.3 is 77.6 Å². The summed E-state index contributed by atoms with van der Waals surface area (Å²) in [6.07, 6.45) is 6.76. The number of unbranched alkanes of at least 4 members (excludes halogenated alkanes) is 4. The molecule has 4 N–H and O–H groups in total. The predicted octanol–water partition coefficient (Wildman–Crippen LogP) is 10.5. The van der Waals surface area contributed by atoms with Crippen molar-refractivity contribution in [2.75, 3.05) is 89.0 Å². The third-order valence-electron chi connectivity index (χ3n) is 16.9. The molecular weight excluding hydrogens is 1310 g/mol. The molecule has 27 nitrogen and oxygen atoms in total. The first-order valence-electron chi connectivity index (χ1n) is 34.2. The first-order valence-corrected chi connectivity index (χ1v) is 35.4. The molecule has 2 fully saturated rings. The van der Waals surface area contributed by atoms with Gasteiger partial charge in [-0.1, -0.05) is 66.2 Å². The second-order valence-corrected chi connectivity index (χ2v) is 24.5. The van der Waals surface area contributed by atoms with Gasteiger partial charge in [-0.15, -0.1) is 0 Å². The minimum Gasteiger partial charge on any atom is -0.494 e. The van der Waals surface area contributed by atoms with Crippen LogP contribution in [0.3, 0.4) is 0 Å². The molecule has 6 amide bonds. The normalized spacial score (nSPS) is 14.1. The van der Waals surface area contributed by atoms with Crippen LogP contribution in [0.1, 0.15) is 148 Å². The number of hydroxylamine groups is 4. The van der Waals surface area contributed by atoms with Crippen LogP contribution in [0.15, 0.2) is 118 Å². The molecule has 0 spiro atoms. The highest BCUT2D eigenvalue weighted by Gasteiger charge is 2.36. The van der Waals surface area contributed by atoms with Crippen molar-refractivity contribution >= 4 is 68.0 Å². The molecule has 28 heteroatoms. The van der Waals surface area contributed by atoms with E-state index >= 15 is 0 Å². The number of carbonyl (C=O) groups excluding carboxylic acids is 8. The molecule has 100 heavy (non-hydrogen) atoms. The van der Waals surface area contributed by atoms with E-state index in [9.17, 15) is 42.9 Å². The van der Waals surface area contributed by atoms with Crippen molar-refractivity contribution in [2.24, 2.45) is 11.8 Å². The average Bonchev–Trinajstić information content (AvgIpc) is 1.62. The molecular formula is C72H91N8O19P. The van der Waals surface area contributed by atoms with E-state index in [2.05, 4.69) is 31.1 Å². The molecule has 0 unspecified atom stereocenters. The number of benzene rings is 4. The minimum absolute atomic E-state index is 0.0666. The SMILES string of the molecule is CCCCC[C@@H](C(=O)NCNC(=O)c1ccc(-c2cc(OCC)cc(O[PH](=O)Oc3cc(OCC)cc(-c4ccc(C(=O)NCNC(=O)[C@H](CCCCC)[C@@H](CC)N(C=O)OC(=O)c5ccc(N6CCOCC6)cc5)o4)c3)c2)o1)[C@@H](CC)N(C=O)OC(=O)c1ccc(N2CCOCC2)cc1. The predicted molar refractivity (Wildman–Crippen MR) is 371 cm³/mol. The van der Waals surface area contributed by atoms with E-state index in [0.717, 1.165) is 73.4 Å². The summed E-state index contributed by atoms with van der Waals surface area (Å²) in [5, 5.41) is 12.6. The fraction of sp³-hybridized carbons (Fsp3) is 0.444. The Morgan fingerprint density at radius 2 is 0.880 bits per heavy atom. The van der Waals surface area contributed by atoms with Gasteiger partial charge >= 0.3 is 20.2 Å². The lowest BCUT2D eigenvalue weighted by atomic mass is 9.90. The fourth-order valence-corrected chi connectivity index (χ4v) is 12.4. The van der Waals surface area contributed by atoms with Crippen LogP contribution < -0.4 is 49.6 Å². The smallest absolute Gasteiger partial charge is 0.418 e. The Balaban J connectivity index is 0.854. The monoisotopic (exact) mass is 1400 g/mol. The van der Waals surface area contributed by atoms with Crippen LogP contribution in [0.4, 0.5) is 11.4 Å². The highest BCUT2D eigenvalue weighted by molar-refractivity contribution is 7.34. The molecule has 0 radical (unpaired) electrons. The standard InChI is InChI=1S/C72H91N8O19P/c1-7-13-15-17-59(61(9-3)79(47-81)96-71(87)49-19-23-53(24-20-49)77-31-35-90-36-32-77)67(83)73-45-75-69(85)65-29-27-63(94-65)51-39-55(92-11-5)43-57(41-51)98-100(89)99-58-42-52(40-56(44-58)93-12-6)64-28-30-66(95-64)70(86)76-46-74-68(84)60(18-16-14-8-2)62(10-4)80(48-82)97-72(88)50-21-25-54(26-22-50)78-33-37-91-38-34-78/h19-30,39-44,47-48,59-62,100H,7-18,31-38,45-46H2,1-6H3,(H,73,83)(H,74,84)(H,75,85)(H,76,86)/t59-,60-,61-,62-/m1/s1. The van der Waals surface area contributed by atoms with E-state index in [1.807, 2.05) is 38.1 Å². The second-order valence-electron chi connectivity index (χ2n) is 23.6. The Kier molecular flexibility index (Phi) is 29.7. The van der Waals surface area contributed by atoms with Crippen LogP contribution in [-0.4, -0.2) is 150 Å². The number of ether oxygens (including phenoxy) is 4. The molecule has 2 aliphatic heterocycles. The van der Waals surface area contributed by atoms with E-state index in [-0.39, 0.29) is 85.1 Å². The van der Waals surface area contributed by atoms with Gasteiger partial charge in [0.1, 0.15) is 34.5 Å². The van der Waals surface area contributed by atoms with Gasteiger partial charge in [0.2, 0.25) is 24.6 Å². The van der Waals surface area contributed by atoms with Crippen molar-refractivity contribution in [1.29, 1.82) is 0 Å². The number of hydrogen-bond donors (Lipinski definition) is 4. The van der Waals surface area contributed by atoms with E-state index < -0.39 is 67.7 Å². The molecule has 2 saturated heterocycles. The summed E-state index contributed by atoms with van der Waals surface area (Å²) >= 11 is 0. The Morgan fingerprint density at radius 3 is 1.23 bits per heavy atom. The number of amides is 6. The molecule has 2 aromatic heterocycles. The molecule has 0 saturated carbocycles. The lowest BCUT2D eigenvalue weighted by molar-refractivity contribution is -0.171. The zero-order valence-corrected chi connectivity index (χ0v) is 58.5. The summed E-state index contributed by atoms with van der Waals surface area (Å²) < 4.78 is 60.0. The lowest BCUT2D eigenvalue weighted by Gasteiger charge is -2.32. The molecule has 4 atom stereocenters. The van der Waals surface area contributed by atoms with Gasteiger partial charge in [0.05, 0.1) is 88.0 Å². The van der Waals surface area contributed by atoms with Gasteiger partial charge in [0.25, 0.3) is 11.8 Å². The van der Waals surface area contributed by atoms with Crippen LogP contribution in [0, 0.1) is 11.8 Å². The molecule has 6 aromatic rings. The van der Waals surface area contributed by atoms with Crippen LogP contribution >= 0.6 is 8.25 Å². The highest BCUT2D eigenvalue weighted by Crippen LogP contribution is 2.40. The maximum absolute atomic E-state index is 13.9. The Bertz CT molecular complexity index is 3450. The number of furan rings is 2. The third kappa shape index (κ3) is 21.6. The average molecular weight is 1400 g/mol. The molecule has 538 valence electrons. The summed E-state index contributed by atoms with van der Waals surface area (Å²) in [4.78, 5) is 122. The molecule has 8 rings (SSSR count). The van der Waals surface area contributed by atoms with Crippen LogP contribution in [-0.2, 0) is 42.9 Å². The summed E-state index contributed by atoms with van der Waals surface area (Å²) in [5.41, 5.74) is 3.07. The molecule has 4 heterocycles. The lowest BCUT2D eigenvalue weighted by Crippen LogP contribution is -2.49. The molecule has 0 bridgehead atoms. The van der Waals surface area contributed by atoms with Gasteiger partial charge in [0.15, 0.2) is 11.5 Å². The zero-order valence-electron chi connectivity index (χ0n) is 57.5. The quantitative estimate of drug-likeness (QED) is 0.00913. The van der Waals surface area contributed by atoms with Crippen LogP contribution in [0.2, 0.25) is 0 Å². The highest BCUT2D eigenvalue weighted by atomic mass is 31.1. The molecule has 4 aromatic carbocycles. The first kappa shape index (κ1) is 75.9. The van der Waals surface area contributed by atoms with Gasteiger partial charge in [-0.05, 0) is 137 Å². The van der Waals surface area contributed by atoms with Gasteiger partial charge in [-0.3, -0.25) is 28.8 Å². The zero-order chi connectivity index (χ0) is 71.3. The number of morpholine rings is 2. The van der Waals surface area contributed by atoms with Crippen LogP contribution in [0.5, 0.6) is 23.0 Å². The number of anilines is 2. The summed E-state index contributed by atoms with van der Waals surface area (Å²) in [6.45, 7) is 16.3. The maximum Gasteiger partial charge on any atom is 0.418 e. The Morgan fingerprint density at radius 1 is 0.500 bits per heavy atom. The van der Waals surface area contributed by atoms with Crippen molar-refractivity contribution < 1.29 is 89.4 Å². The largest absolute Gasteiger partial charge is 0.494 e. The van der Waals surface area contributed by atoms with Crippen molar-refractivity contribution in [2.45, 2.75) is 118 Å². The number of carbonyl (C=O) groups is 8. The number of nitrogens with zero attached hydrogens (tertiary/aromatic N) is 4. The van der Waals surface area contributed by atoms with E-state index in [4.69, 9.17) is 46.5 Å². The first-order chi connectivity index (χ1) is 48.6. The Hall–Kier alpha value is -9.85. The van der Waals surface area contributed by atoms with Crippen LogP contribution in [0.25, 0.3) is 22.6 Å². The minimum atomic E-state index is -3.41. The Labute approximate surface area is 582 Å². The van der Waals surface area contributed by atoms with Crippen molar-refractivity contribution in [3.8, 4) is 45.6 Å². The van der Waals surface area contributed by atoms with E-state index in [1.165, 1.54) is 36.4 Å². The van der Waals surface area contributed by atoms with Gasteiger partial charge in [-0.2, -0.15) is 10.1 Å². The van der Waals surface area contributed by atoms with E-state index in [1.54, 1.807) is 76.2 Å². The maximum atomic E-state index is 13.9. The van der Waals surface area contributed by atoms with Crippen molar-refractivity contribution in [3.63, 3.8) is 0 Å². The molecule has 0 aliphatic carbocycles. The van der Waals surface area contributed by atoms with Gasteiger partial charge in [0, 0.05) is 60.8 Å². The molecule has 2 aliphatic rings. The number of rotatable bonds is 40. The topological polar surface area (TPSA) is 315 Å². The summed E-state index contributed by atoms with van der Waals surface area (Å²) in [5.74, 6) is -4.41. The number of hydrogen-bond acceptors (Lipinski definition) is 21. The van der Waals surface area contributed by atoms with Gasteiger partial charge in [-0.25, -0.2) is 14.2 Å². The second kappa shape index (κ2) is 39.1. The number of nitrogens with one attached hydrogen (secondary N) is 4. The summed E-state index contributed by atoms with van der Waals surface area (Å²) in [7, 11) is -3.41. The fourth-order valence-electron chi connectivity index (χ4n) is 11.7.